The summed E-state index contributed by atoms with van der Waals surface area (Å²) in [5, 5.41) is 6.81. The molecule has 1 heterocycles. The van der Waals surface area contributed by atoms with E-state index in [-0.39, 0.29) is 5.60 Å². The van der Waals surface area contributed by atoms with Crippen molar-refractivity contribution in [2.75, 3.05) is 53.6 Å². The van der Waals surface area contributed by atoms with Crippen LogP contribution in [0, 0.1) is 5.92 Å². The number of rotatable bonds is 8. The molecule has 23 heavy (non-hydrogen) atoms. The van der Waals surface area contributed by atoms with Gasteiger partial charge in [0, 0.05) is 46.4 Å². The van der Waals surface area contributed by atoms with E-state index in [0.717, 1.165) is 45.4 Å². The van der Waals surface area contributed by atoms with E-state index in [4.69, 9.17) is 9.47 Å². The van der Waals surface area contributed by atoms with E-state index in [1.54, 1.807) is 14.2 Å². The van der Waals surface area contributed by atoms with Gasteiger partial charge in [0.25, 0.3) is 0 Å². The molecule has 0 spiro atoms. The SMILES string of the molecule is CN=C(NCC(CC(C)C)N1CCOCC1)NCC(C)(C)OC. The molecule has 0 radical (unpaired) electrons. The average molecular weight is 329 g/mol. The zero-order valence-corrected chi connectivity index (χ0v) is 15.8. The first-order valence-corrected chi connectivity index (χ1v) is 8.69. The average Bonchev–Trinajstić information content (AvgIpc) is 2.54. The van der Waals surface area contributed by atoms with Gasteiger partial charge in [-0.3, -0.25) is 9.89 Å². The monoisotopic (exact) mass is 328 g/mol. The summed E-state index contributed by atoms with van der Waals surface area (Å²) in [6.07, 6.45) is 1.17. The smallest absolute Gasteiger partial charge is 0.191 e. The Bertz CT molecular complexity index is 353. The Morgan fingerprint density at radius 3 is 2.43 bits per heavy atom. The van der Waals surface area contributed by atoms with Crippen LogP contribution in [0.3, 0.4) is 0 Å². The molecule has 1 fully saturated rings. The molecule has 0 amide bonds. The van der Waals surface area contributed by atoms with Crippen molar-refractivity contribution in [2.45, 2.75) is 45.8 Å². The number of hydrogen-bond acceptors (Lipinski definition) is 4. The van der Waals surface area contributed by atoms with Crippen LogP contribution in [0.25, 0.3) is 0 Å². The van der Waals surface area contributed by atoms with Gasteiger partial charge in [-0.1, -0.05) is 13.8 Å². The number of nitrogens with zero attached hydrogens (tertiary/aromatic N) is 2. The van der Waals surface area contributed by atoms with Gasteiger partial charge in [0.15, 0.2) is 5.96 Å². The lowest BCUT2D eigenvalue weighted by molar-refractivity contribution is 0.0131. The molecule has 1 unspecified atom stereocenters. The summed E-state index contributed by atoms with van der Waals surface area (Å²) < 4.78 is 10.9. The Hall–Kier alpha value is -0.850. The van der Waals surface area contributed by atoms with Crippen molar-refractivity contribution in [3.63, 3.8) is 0 Å². The number of ether oxygens (including phenoxy) is 2. The Morgan fingerprint density at radius 2 is 1.91 bits per heavy atom. The molecule has 136 valence electrons. The number of aliphatic imine (C=N–C) groups is 1. The van der Waals surface area contributed by atoms with Gasteiger partial charge in [0.2, 0.25) is 0 Å². The molecule has 0 aromatic heterocycles. The van der Waals surface area contributed by atoms with Gasteiger partial charge in [0.1, 0.15) is 0 Å². The third-order valence-electron chi connectivity index (χ3n) is 4.27. The van der Waals surface area contributed by atoms with Crippen LogP contribution in [0.15, 0.2) is 4.99 Å². The van der Waals surface area contributed by atoms with Crippen molar-refractivity contribution < 1.29 is 9.47 Å². The molecule has 0 bridgehead atoms. The third kappa shape index (κ3) is 7.99. The van der Waals surface area contributed by atoms with Crippen molar-refractivity contribution in [3.8, 4) is 0 Å². The highest BCUT2D eigenvalue weighted by Gasteiger charge is 2.22. The fourth-order valence-corrected chi connectivity index (χ4v) is 2.65. The van der Waals surface area contributed by atoms with E-state index in [1.807, 2.05) is 0 Å². The van der Waals surface area contributed by atoms with Crippen molar-refractivity contribution in [3.05, 3.63) is 0 Å². The molecule has 0 aromatic rings. The highest BCUT2D eigenvalue weighted by Crippen LogP contribution is 2.13. The molecule has 0 aliphatic carbocycles. The molecule has 1 saturated heterocycles. The molecule has 6 nitrogen and oxygen atoms in total. The van der Waals surface area contributed by atoms with Crippen LogP contribution in [0.5, 0.6) is 0 Å². The first kappa shape index (κ1) is 20.2. The van der Waals surface area contributed by atoms with E-state index in [2.05, 4.69) is 48.2 Å². The molecule has 1 rings (SSSR count). The predicted octanol–water partition coefficient (Wildman–Crippen LogP) is 1.32. The number of guanidine groups is 1. The van der Waals surface area contributed by atoms with Crippen LogP contribution >= 0.6 is 0 Å². The molecule has 2 N–H and O–H groups in total. The normalized spacial score (nSPS) is 19.0. The zero-order valence-electron chi connectivity index (χ0n) is 15.8. The van der Waals surface area contributed by atoms with E-state index < -0.39 is 0 Å². The summed E-state index contributed by atoms with van der Waals surface area (Å²) in [5.41, 5.74) is -0.209. The second-order valence-electron chi connectivity index (χ2n) is 7.20. The molecular formula is C17H36N4O2. The van der Waals surface area contributed by atoms with Crippen molar-refractivity contribution in [1.29, 1.82) is 0 Å². The summed E-state index contributed by atoms with van der Waals surface area (Å²) in [6.45, 7) is 14.0. The first-order chi connectivity index (χ1) is 10.9. The Balaban J connectivity index is 2.50. The lowest BCUT2D eigenvalue weighted by Gasteiger charge is -2.36. The van der Waals surface area contributed by atoms with Crippen molar-refractivity contribution in [2.24, 2.45) is 10.9 Å². The van der Waals surface area contributed by atoms with Crippen LogP contribution in [-0.4, -0.2) is 76.1 Å². The summed E-state index contributed by atoms with van der Waals surface area (Å²) in [6, 6.07) is 0.507. The lowest BCUT2D eigenvalue weighted by Crippen LogP contribution is -2.52. The van der Waals surface area contributed by atoms with Gasteiger partial charge in [0.05, 0.1) is 18.8 Å². The second kappa shape index (κ2) is 10.1. The van der Waals surface area contributed by atoms with Crippen molar-refractivity contribution in [1.82, 2.24) is 15.5 Å². The van der Waals surface area contributed by atoms with E-state index >= 15 is 0 Å². The fraction of sp³-hybridized carbons (Fsp3) is 0.941. The first-order valence-electron chi connectivity index (χ1n) is 8.69. The van der Waals surface area contributed by atoms with Gasteiger partial charge in [-0.2, -0.15) is 0 Å². The molecule has 0 saturated carbocycles. The predicted molar refractivity (Wildman–Crippen MR) is 96.1 cm³/mol. The maximum absolute atomic E-state index is 5.48. The van der Waals surface area contributed by atoms with Crippen LogP contribution in [-0.2, 0) is 9.47 Å². The topological polar surface area (TPSA) is 58.1 Å². The quantitative estimate of drug-likeness (QED) is 0.520. The highest BCUT2D eigenvalue weighted by atomic mass is 16.5. The molecular weight excluding hydrogens is 292 g/mol. The van der Waals surface area contributed by atoms with Crippen LogP contribution in [0.1, 0.15) is 34.1 Å². The summed E-state index contributed by atoms with van der Waals surface area (Å²) in [5.74, 6) is 1.50. The number of nitrogens with one attached hydrogen (secondary N) is 2. The van der Waals surface area contributed by atoms with Crippen LogP contribution in [0.4, 0.5) is 0 Å². The molecule has 6 heteroatoms. The second-order valence-corrected chi connectivity index (χ2v) is 7.20. The summed E-state index contributed by atoms with van der Waals surface area (Å²) in [7, 11) is 3.54. The van der Waals surface area contributed by atoms with Gasteiger partial charge in [-0.05, 0) is 26.2 Å². The molecule has 1 aliphatic heterocycles. The van der Waals surface area contributed by atoms with Gasteiger partial charge in [-0.25, -0.2) is 0 Å². The maximum atomic E-state index is 5.48. The Morgan fingerprint density at radius 1 is 1.26 bits per heavy atom. The minimum absolute atomic E-state index is 0.209. The standard InChI is InChI=1S/C17H36N4O2/c1-14(2)11-15(21-7-9-23-10-8-21)12-19-16(18-5)20-13-17(3,4)22-6/h14-15H,7-13H2,1-6H3,(H2,18,19,20). The third-order valence-corrected chi connectivity index (χ3v) is 4.27. The van der Waals surface area contributed by atoms with Gasteiger partial charge in [-0.15, -0.1) is 0 Å². The molecule has 1 atom stereocenters. The van der Waals surface area contributed by atoms with E-state index in [9.17, 15) is 0 Å². The zero-order chi connectivity index (χ0) is 17.3. The Kier molecular flexibility index (Phi) is 8.87. The Labute approximate surface area is 142 Å². The molecule has 1 aliphatic rings. The van der Waals surface area contributed by atoms with Gasteiger partial charge >= 0.3 is 0 Å². The number of methoxy groups -OCH3 is 1. The van der Waals surface area contributed by atoms with Crippen LogP contribution in [0.2, 0.25) is 0 Å². The van der Waals surface area contributed by atoms with Crippen molar-refractivity contribution >= 4 is 5.96 Å². The largest absolute Gasteiger partial charge is 0.379 e. The number of morpholine rings is 1. The summed E-state index contributed by atoms with van der Waals surface area (Å²) in [4.78, 5) is 6.85. The highest BCUT2D eigenvalue weighted by molar-refractivity contribution is 5.79. The number of hydrogen-bond donors (Lipinski definition) is 2. The minimum Gasteiger partial charge on any atom is -0.379 e. The molecule has 0 aromatic carbocycles. The fourth-order valence-electron chi connectivity index (χ4n) is 2.65. The van der Waals surface area contributed by atoms with E-state index in [0.29, 0.717) is 12.0 Å². The lowest BCUT2D eigenvalue weighted by atomic mass is 10.0. The van der Waals surface area contributed by atoms with Gasteiger partial charge < -0.3 is 20.1 Å². The van der Waals surface area contributed by atoms with E-state index in [1.165, 1.54) is 6.42 Å². The van der Waals surface area contributed by atoms with Crippen LogP contribution < -0.4 is 10.6 Å². The minimum atomic E-state index is -0.209. The summed E-state index contributed by atoms with van der Waals surface area (Å²) >= 11 is 0. The maximum Gasteiger partial charge on any atom is 0.191 e.